The van der Waals surface area contributed by atoms with Crippen LogP contribution < -0.4 is 14.2 Å². The molecule has 2 heterocycles. The first kappa shape index (κ1) is 16.9. The number of amides is 1. The quantitative estimate of drug-likeness (QED) is 0.823. The molecule has 0 aliphatic carbocycles. The lowest BCUT2D eigenvalue weighted by molar-refractivity contribution is 0.0769. The molecule has 1 aliphatic heterocycles. The lowest BCUT2D eigenvalue weighted by atomic mass is 10.2. The Morgan fingerprint density at radius 2 is 1.96 bits per heavy atom. The molecular weight excluding hydrogens is 329 g/mol. The van der Waals surface area contributed by atoms with Crippen molar-refractivity contribution in [2.24, 2.45) is 0 Å². The minimum Gasteiger partial charge on any atom is -0.494 e. The van der Waals surface area contributed by atoms with E-state index in [1.165, 1.54) is 38.7 Å². The molecule has 1 unspecified atom stereocenters. The minimum atomic E-state index is -0.565. The summed E-state index contributed by atoms with van der Waals surface area (Å²) in [5, 5.41) is 0. The molecule has 0 radical (unpaired) electrons. The van der Waals surface area contributed by atoms with Gasteiger partial charge in [-0.3, -0.25) is 4.79 Å². The second-order valence-corrected chi connectivity index (χ2v) is 5.50. The number of carbonyl (C=O) groups excluding carboxylic acids is 1. The van der Waals surface area contributed by atoms with Crippen LogP contribution >= 0.6 is 0 Å². The predicted molar refractivity (Wildman–Crippen MR) is 86.5 cm³/mol. The van der Waals surface area contributed by atoms with Crippen molar-refractivity contribution in [1.82, 2.24) is 14.9 Å². The largest absolute Gasteiger partial charge is 0.494 e. The summed E-state index contributed by atoms with van der Waals surface area (Å²) in [6.45, 7) is 0.895. The molecule has 132 valence electrons. The number of carbonyl (C=O) groups is 1. The number of hydrogen-bond donors (Lipinski definition) is 0. The number of likely N-dealkylation sites (tertiary alicyclic amines) is 1. The lowest BCUT2D eigenvalue weighted by Gasteiger charge is -2.17. The number of benzene rings is 1. The van der Waals surface area contributed by atoms with Gasteiger partial charge in [0.15, 0.2) is 11.6 Å². The maximum Gasteiger partial charge on any atom is 0.278 e. The zero-order valence-electron chi connectivity index (χ0n) is 13.9. The molecule has 0 bridgehead atoms. The van der Waals surface area contributed by atoms with E-state index in [1.54, 1.807) is 11.0 Å². The molecule has 25 heavy (non-hydrogen) atoms. The maximum absolute atomic E-state index is 13.8. The molecule has 0 saturated carbocycles. The first-order valence-corrected chi connectivity index (χ1v) is 7.77. The SMILES string of the molecule is COc1ccc(C(=O)N2CCC(Oc3nccnc3OC)C2)cc1F. The summed E-state index contributed by atoms with van der Waals surface area (Å²) >= 11 is 0. The van der Waals surface area contributed by atoms with Crippen molar-refractivity contribution in [3.05, 3.63) is 42.0 Å². The molecule has 1 amide bonds. The van der Waals surface area contributed by atoms with Crippen LogP contribution in [0, 0.1) is 5.82 Å². The van der Waals surface area contributed by atoms with Crippen LogP contribution in [0.4, 0.5) is 4.39 Å². The Hall–Kier alpha value is -2.90. The van der Waals surface area contributed by atoms with E-state index in [1.807, 2.05) is 0 Å². The number of halogens is 1. The van der Waals surface area contributed by atoms with E-state index < -0.39 is 5.82 Å². The monoisotopic (exact) mass is 347 g/mol. The van der Waals surface area contributed by atoms with Gasteiger partial charge in [0.2, 0.25) is 0 Å². The molecule has 3 rings (SSSR count). The third-order valence-corrected chi connectivity index (χ3v) is 3.94. The number of nitrogens with zero attached hydrogens (tertiary/aromatic N) is 3. The Kier molecular flexibility index (Phi) is 4.97. The summed E-state index contributed by atoms with van der Waals surface area (Å²) in [5.41, 5.74) is 0.274. The Balaban J connectivity index is 1.66. The average Bonchev–Trinajstić information content (AvgIpc) is 3.10. The van der Waals surface area contributed by atoms with Crippen LogP contribution in [-0.4, -0.2) is 54.2 Å². The predicted octanol–water partition coefficient (Wildman–Crippen LogP) is 1.93. The number of methoxy groups -OCH3 is 2. The highest BCUT2D eigenvalue weighted by Gasteiger charge is 2.29. The third-order valence-electron chi connectivity index (χ3n) is 3.94. The number of rotatable bonds is 5. The first-order valence-electron chi connectivity index (χ1n) is 7.77. The van der Waals surface area contributed by atoms with Crippen LogP contribution in [0.1, 0.15) is 16.8 Å². The molecule has 0 N–H and O–H groups in total. The number of hydrogen-bond acceptors (Lipinski definition) is 6. The van der Waals surface area contributed by atoms with Crippen LogP contribution in [0.25, 0.3) is 0 Å². The van der Waals surface area contributed by atoms with Crippen molar-refractivity contribution in [2.45, 2.75) is 12.5 Å². The smallest absolute Gasteiger partial charge is 0.278 e. The van der Waals surface area contributed by atoms with Gasteiger partial charge in [-0.05, 0) is 18.2 Å². The van der Waals surface area contributed by atoms with Crippen LogP contribution in [0.2, 0.25) is 0 Å². The van der Waals surface area contributed by atoms with Gasteiger partial charge in [-0.1, -0.05) is 0 Å². The Labute approximate surface area is 144 Å². The van der Waals surface area contributed by atoms with E-state index in [-0.39, 0.29) is 23.3 Å². The van der Waals surface area contributed by atoms with Gasteiger partial charge in [-0.2, -0.15) is 0 Å². The summed E-state index contributed by atoms with van der Waals surface area (Å²) in [6.07, 6.45) is 3.44. The molecule has 1 aromatic carbocycles. The van der Waals surface area contributed by atoms with Gasteiger partial charge < -0.3 is 19.1 Å². The molecule has 8 heteroatoms. The summed E-state index contributed by atoms with van der Waals surface area (Å²) in [6, 6.07) is 4.17. The molecule has 0 spiro atoms. The highest BCUT2D eigenvalue weighted by atomic mass is 19.1. The van der Waals surface area contributed by atoms with Crippen molar-refractivity contribution >= 4 is 5.91 Å². The van der Waals surface area contributed by atoms with Crippen molar-refractivity contribution in [3.63, 3.8) is 0 Å². The van der Waals surface area contributed by atoms with E-state index in [9.17, 15) is 9.18 Å². The molecular formula is C17H18FN3O4. The fourth-order valence-corrected chi connectivity index (χ4v) is 2.68. The van der Waals surface area contributed by atoms with E-state index >= 15 is 0 Å². The minimum absolute atomic E-state index is 0.105. The summed E-state index contributed by atoms with van der Waals surface area (Å²) in [5.74, 6) is -0.123. The van der Waals surface area contributed by atoms with Gasteiger partial charge in [0.1, 0.15) is 6.10 Å². The standard InChI is InChI=1S/C17H18FN3O4/c1-23-14-4-3-11(9-13(14)18)17(22)21-8-5-12(10-21)25-16-15(24-2)19-6-7-20-16/h3-4,6-7,9,12H,5,8,10H2,1-2H3. The second-order valence-electron chi connectivity index (χ2n) is 5.50. The van der Waals surface area contributed by atoms with E-state index in [0.717, 1.165) is 0 Å². The van der Waals surface area contributed by atoms with Crippen LogP contribution in [-0.2, 0) is 0 Å². The van der Waals surface area contributed by atoms with E-state index in [4.69, 9.17) is 14.2 Å². The topological polar surface area (TPSA) is 73.8 Å². The van der Waals surface area contributed by atoms with Crippen molar-refractivity contribution in [1.29, 1.82) is 0 Å². The van der Waals surface area contributed by atoms with Gasteiger partial charge in [-0.15, -0.1) is 0 Å². The van der Waals surface area contributed by atoms with Crippen molar-refractivity contribution < 1.29 is 23.4 Å². The highest BCUT2D eigenvalue weighted by molar-refractivity contribution is 5.94. The fraction of sp³-hybridized carbons (Fsp3) is 0.353. The van der Waals surface area contributed by atoms with E-state index in [2.05, 4.69) is 9.97 Å². The van der Waals surface area contributed by atoms with Crippen LogP contribution in [0.15, 0.2) is 30.6 Å². The third kappa shape index (κ3) is 3.62. The van der Waals surface area contributed by atoms with E-state index in [0.29, 0.717) is 31.3 Å². The molecule has 7 nitrogen and oxygen atoms in total. The highest BCUT2D eigenvalue weighted by Crippen LogP contribution is 2.25. The fourth-order valence-electron chi connectivity index (χ4n) is 2.68. The Morgan fingerprint density at radius 1 is 1.20 bits per heavy atom. The Bertz CT molecular complexity index is 771. The summed E-state index contributed by atoms with van der Waals surface area (Å²) in [7, 11) is 2.86. The van der Waals surface area contributed by atoms with Crippen LogP contribution in [0.5, 0.6) is 17.5 Å². The number of ether oxygens (including phenoxy) is 3. The van der Waals surface area contributed by atoms with Gasteiger partial charge in [-0.25, -0.2) is 14.4 Å². The molecule has 1 aromatic heterocycles. The van der Waals surface area contributed by atoms with Gasteiger partial charge in [0, 0.05) is 30.9 Å². The average molecular weight is 347 g/mol. The molecule has 1 atom stereocenters. The lowest BCUT2D eigenvalue weighted by Crippen LogP contribution is -2.31. The van der Waals surface area contributed by atoms with Crippen molar-refractivity contribution in [2.75, 3.05) is 27.3 Å². The normalized spacial score (nSPS) is 16.6. The molecule has 1 fully saturated rings. The van der Waals surface area contributed by atoms with Crippen molar-refractivity contribution in [3.8, 4) is 17.5 Å². The van der Waals surface area contributed by atoms with Gasteiger partial charge in [0.25, 0.3) is 17.7 Å². The second kappa shape index (κ2) is 7.33. The zero-order chi connectivity index (χ0) is 17.8. The molecule has 1 aliphatic rings. The van der Waals surface area contributed by atoms with Gasteiger partial charge >= 0.3 is 0 Å². The molecule has 2 aromatic rings. The zero-order valence-corrected chi connectivity index (χ0v) is 13.9. The summed E-state index contributed by atoms with van der Waals surface area (Å²) < 4.78 is 29.6. The first-order chi connectivity index (χ1) is 12.1. The Morgan fingerprint density at radius 3 is 2.64 bits per heavy atom. The summed E-state index contributed by atoms with van der Waals surface area (Å²) in [4.78, 5) is 22.3. The maximum atomic E-state index is 13.8. The number of aromatic nitrogens is 2. The molecule has 1 saturated heterocycles. The van der Waals surface area contributed by atoms with Crippen LogP contribution in [0.3, 0.4) is 0 Å². The van der Waals surface area contributed by atoms with Gasteiger partial charge in [0.05, 0.1) is 20.8 Å².